The number of nitrogens with one attached hydrogen (secondary N) is 2. The molecule has 0 fully saturated rings. The van der Waals surface area contributed by atoms with Crippen molar-refractivity contribution in [3.8, 4) is 23.1 Å². The minimum absolute atomic E-state index is 0.0689. The highest BCUT2D eigenvalue weighted by Gasteiger charge is 2.13. The van der Waals surface area contributed by atoms with Crippen LogP contribution in [0.2, 0.25) is 0 Å². The summed E-state index contributed by atoms with van der Waals surface area (Å²) < 4.78 is 1.66. The molecule has 0 unspecified atom stereocenters. The first-order chi connectivity index (χ1) is 13.0. The highest BCUT2D eigenvalue weighted by molar-refractivity contribution is 14.1. The molecule has 1 heterocycles. The molecule has 134 valence electrons. The summed E-state index contributed by atoms with van der Waals surface area (Å²) in [7, 11) is 0. The van der Waals surface area contributed by atoms with Crippen molar-refractivity contribution < 1.29 is 5.11 Å². The minimum Gasteiger partial charge on any atom is -0.506 e. The summed E-state index contributed by atoms with van der Waals surface area (Å²) in [5, 5.41) is 23.4. The molecule has 0 saturated heterocycles. The van der Waals surface area contributed by atoms with Gasteiger partial charge in [-0.2, -0.15) is 10.4 Å². The monoisotopic (exact) mass is 583 g/mol. The van der Waals surface area contributed by atoms with Crippen LogP contribution >= 0.6 is 45.2 Å². The first-order valence-electron chi connectivity index (χ1n) is 7.56. The number of hydrogen-bond donors (Lipinski definition) is 3. The fourth-order valence-corrected chi connectivity index (χ4v) is 4.17. The fraction of sp³-hybridized carbons (Fsp3) is 0. The molecule has 3 rings (SSSR count). The summed E-state index contributed by atoms with van der Waals surface area (Å²) in [5.41, 5.74) is 3.46. The predicted molar refractivity (Wildman–Crippen MR) is 120 cm³/mol. The Balaban J connectivity index is 1.94. The van der Waals surface area contributed by atoms with Gasteiger partial charge in [0.15, 0.2) is 0 Å². The summed E-state index contributed by atoms with van der Waals surface area (Å²) in [6, 6.07) is 14.5. The number of H-pyrrole nitrogens is 1. The van der Waals surface area contributed by atoms with Gasteiger partial charge in [0.1, 0.15) is 17.4 Å². The van der Waals surface area contributed by atoms with Crippen molar-refractivity contribution in [2.75, 3.05) is 5.43 Å². The van der Waals surface area contributed by atoms with Gasteiger partial charge < -0.3 is 5.11 Å². The highest BCUT2D eigenvalue weighted by Crippen LogP contribution is 2.25. The summed E-state index contributed by atoms with van der Waals surface area (Å²) in [6.07, 6.45) is 1.43. The maximum absolute atomic E-state index is 12.2. The lowest BCUT2D eigenvalue weighted by Gasteiger charge is -2.06. The Morgan fingerprint density at radius 1 is 1.26 bits per heavy atom. The van der Waals surface area contributed by atoms with Gasteiger partial charge in [-0.05, 0) is 57.3 Å². The second-order valence-electron chi connectivity index (χ2n) is 5.31. The van der Waals surface area contributed by atoms with E-state index in [1.165, 1.54) is 6.21 Å². The first kappa shape index (κ1) is 19.3. The molecule has 7 nitrogen and oxygen atoms in total. The van der Waals surface area contributed by atoms with E-state index >= 15 is 0 Å². The Kier molecular flexibility index (Phi) is 6.07. The second kappa shape index (κ2) is 8.49. The number of anilines is 1. The van der Waals surface area contributed by atoms with Crippen LogP contribution in [0.5, 0.6) is 5.75 Å². The number of rotatable bonds is 4. The number of phenolic OH excluding ortho intramolecular Hbond substituents is 1. The van der Waals surface area contributed by atoms with Crippen molar-refractivity contribution in [3.63, 3.8) is 0 Å². The number of nitriles is 1. The number of aromatic amines is 1. The Labute approximate surface area is 181 Å². The van der Waals surface area contributed by atoms with E-state index in [9.17, 15) is 15.2 Å². The number of aromatic nitrogens is 2. The van der Waals surface area contributed by atoms with Crippen LogP contribution in [0.15, 0.2) is 52.4 Å². The van der Waals surface area contributed by atoms with E-state index in [4.69, 9.17) is 0 Å². The van der Waals surface area contributed by atoms with Crippen molar-refractivity contribution in [2.24, 2.45) is 5.10 Å². The average Bonchev–Trinajstić information content (AvgIpc) is 2.66. The van der Waals surface area contributed by atoms with E-state index in [0.717, 1.165) is 3.57 Å². The maximum atomic E-state index is 12.2. The quantitative estimate of drug-likeness (QED) is 0.247. The largest absolute Gasteiger partial charge is 0.506 e. The van der Waals surface area contributed by atoms with E-state index in [2.05, 4.69) is 43.1 Å². The van der Waals surface area contributed by atoms with Crippen LogP contribution < -0.4 is 11.0 Å². The van der Waals surface area contributed by atoms with E-state index < -0.39 is 5.56 Å². The number of benzene rings is 2. The van der Waals surface area contributed by atoms with Gasteiger partial charge in [0.25, 0.3) is 5.56 Å². The van der Waals surface area contributed by atoms with Gasteiger partial charge in [-0.15, -0.1) is 0 Å². The summed E-state index contributed by atoms with van der Waals surface area (Å²) in [6.45, 7) is 0. The molecule has 1 aromatic heterocycles. The van der Waals surface area contributed by atoms with Gasteiger partial charge >= 0.3 is 0 Å². The molecule has 27 heavy (non-hydrogen) atoms. The van der Waals surface area contributed by atoms with Crippen LogP contribution in [0.1, 0.15) is 11.1 Å². The van der Waals surface area contributed by atoms with Crippen LogP contribution in [-0.4, -0.2) is 21.3 Å². The van der Waals surface area contributed by atoms with Crippen LogP contribution in [0.4, 0.5) is 5.95 Å². The molecule has 0 atom stereocenters. The van der Waals surface area contributed by atoms with Crippen LogP contribution in [0.3, 0.4) is 0 Å². The standard InChI is InChI=1S/C18H11I2N5O2/c19-12-6-11(16(26)14(20)7-12)9-22-25-18-23-15(10-4-2-1-3-5-10)13(8-21)17(27)24-18/h1-7,9,26H,(H2,23,24,25,27). The molecule has 0 amide bonds. The minimum atomic E-state index is -0.560. The molecule has 0 aliphatic rings. The van der Waals surface area contributed by atoms with Crippen molar-refractivity contribution in [1.29, 1.82) is 5.26 Å². The molecule has 2 aromatic carbocycles. The van der Waals surface area contributed by atoms with Crippen molar-refractivity contribution in [2.45, 2.75) is 0 Å². The van der Waals surface area contributed by atoms with E-state index in [0.29, 0.717) is 14.7 Å². The molecule has 3 N–H and O–H groups in total. The van der Waals surface area contributed by atoms with Crippen LogP contribution in [-0.2, 0) is 0 Å². The lowest BCUT2D eigenvalue weighted by molar-refractivity contribution is 0.470. The molecular weight excluding hydrogens is 572 g/mol. The molecule has 0 aliphatic carbocycles. The molecular formula is C18H11I2N5O2. The Morgan fingerprint density at radius 3 is 2.70 bits per heavy atom. The number of halogens is 2. The van der Waals surface area contributed by atoms with Crippen LogP contribution in [0, 0.1) is 18.5 Å². The van der Waals surface area contributed by atoms with Gasteiger partial charge in [0.2, 0.25) is 5.95 Å². The Bertz CT molecular complexity index is 1120. The second-order valence-corrected chi connectivity index (χ2v) is 7.72. The normalized spacial score (nSPS) is 10.7. The summed E-state index contributed by atoms with van der Waals surface area (Å²) >= 11 is 4.18. The van der Waals surface area contributed by atoms with Gasteiger partial charge in [-0.3, -0.25) is 9.78 Å². The summed E-state index contributed by atoms with van der Waals surface area (Å²) in [5.74, 6) is 0.210. The number of phenols is 1. The third-order valence-corrected chi connectivity index (χ3v) is 4.96. The first-order valence-corrected chi connectivity index (χ1v) is 9.72. The van der Waals surface area contributed by atoms with Crippen LogP contribution in [0.25, 0.3) is 11.3 Å². The SMILES string of the molecule is N#Cc1c(-c2ccccc2)nc(NN=Cc2cc(I)cc(I)c2O)[nH]c1=O. The number of hydrogen-bond acceptors (Lipinski definition) is 6. The predicted octanol–water partition coefficient (Wildman–Crippen LogP) is 3.67. The molecule has 0 radical (unpaired) electrons. The fourth-order valence-electron chi connectivity index (χ4n) is 2.28. The van der Waals surface area contributed by atoms with E-state index in [1.54, 1.807) is 30.3 Å². The number of nitrogens with zero attached hydrogens (tertiary/aromatic N) is 3. The highest BCUT2D eigenvalue weighted by atomic mass is 127. The topological polar surface area (TPSA) is 114 Å². The third-order valence-electron chi connectivity index (χ3n) is 3.51. The smallest absolute Gasteiger partial charge is 0.270 e. The molecule has 9 heteroatoms. The molecule has 0 bridgehead atoms. The molecule has 0 spiro atoms. The molecule has 0 aliphatic heterocycles. The number of hydrazone groups is 1. The van der Waals surface area contributed by atoms with E-state index in [-0.39, 0.29) is 23.0 Å². The Morgan fingerprint density at radius 2 is 2.00 bits per heavy atom. The zero-order valence-corrected chi connectivity index (χ0v) is 17.9. The molecule has 3 aromatic rings. The zero-order chi connectivity index (χ0) is 19.4. The maximum Gasteiger partial charge on any atom is 0.270 e. The average molecular weight is 583 g/mol. The van der Waals surface area contributed by atoms with Gasteiger partial charge in [0.05, 0.1) is 15.5 Å². The van der Waals surface area contributed by atoms with Crippen molar-refractivity contribution in [1.82, 2.24) is 9.97 Å². The lowest BCUT2D eigenvalue weighted by Crippen LogP contribution is -2.16. The van der Waals surface area contributed by atoms with Gasteiger partial charge in [-0.25, -0.2) is 10.4 Å². The van der Waals surface area contributed by atoms with Crippen molar-refractivity contribution >= 4 is 57.3 Å². The molecule has 0 saturated carbocycles. The zero-order valence-electron chi connectivity index (χ0n) is 13.6. The van der Waals surface area contributed by atoms with Gasteiger partial charge in [-0.1, -0.05) is 30.3 Å². The third kappa shape index (κ3) is 4.45. The number of aromatic hydroxyl groups is 1. The lowest BCUT2D eigenvalue weighted by atomic mass is 10.1. The van der Waals surface area contributed by atoms with Crippen molar-refractivity contribution in [3.05, 3.63) is 71.1 Å². The Hall–Kier alpha value is -2.46. The van der Waals surface area contributed by atoms with E-state index in [1.807, 2.05) is 40.8 Å². The summed E-state index contributed by atoms with van der Waals surface area (Å²) in [4.78, 5) is 19.0. The van der Waals surface area contributed by atoms with Gasteiger partial charge in [0, 0.05) is 14.7 Å².